The highest BCUT2D eigenvalue weighted by molar-refractivity contribution is 6.05. The van der Waals surface area contributed by atoms with Gasteiger partial charge in [-0.3, -0.25) is 9.78 Å². The maximum absolute atomic E-state index is 12.8. The first-order valence-electron chi connectivity index (χ1n) is 8.99. The average molecular weight is 372 g/mol. The van der Waals surface area contributed by atoms with Gasteiger partial charge in [-0.1, -0.05) is 30.3 Å². The van der Waals surface area contributed by atoms with Gasteiger partial charge in [-0.05, 0) is 30.5 Å². The van der Waals surface area contributed by atoms with Crippen molar-refractivity contribution in [1.82, 2.24) is 20.1 Å². The molecule has 0 bridgehead atoms. The van der Waals surface area contributed by atoms with Crippen LogP contribution in [0.3, 0.4) is 0 Å². The highest BCUT2D eigenvalue weighted by atomic mass is 16.5. The van der Waals surface area contributed by atoms with Crippen LogP contribution in [0.25, 0.3) is 16.5 Å². The van der Waals surface area contributed by atoms with Crippen molar-refractivity contribution in [2.45, 2.75) is 13.0 Å². The van der Waals surface area contributed by atoms with Crippen LogP contribution in [0.2, 0.25) is 0 Å². The summed E-state index contributed by atoms with van der Waals surface area (Å²) in [5, 5.41) is 9.24. The minimum Gasteiger partial charge on any atom is -0.497 e. The second-order valence-electron chi connectivity index (χ2n) is 6.50. The number of amides is 1. The molecule has 28 heavy (non-hydrogen) atoms. The van der Waals surface area contributed by atoms with Crippen LogP contribution in [0, 0.1) is 0 Å². The predicted octanol–water partition coefficient (Wildman–Crippen LogP) is 3.92. The molecular weight excluding hydrogens is 352 g/mol. The largest absolute Gasteiger partial charge is 0.497 e. The summed E-state index contributed by atoms with van der Waals surface area (Å²) in [6.07, 6.45) is 5.31. The van der Waals surface area contributed by atoms with Crippen molar-refractivity contribution < 1.29 is 9.53 Å². The second-order valence-corrected chi connectivity index (χ2v) is 6.50. The first-order valence-corrected chi connectivity index (χ1v) is 8.99. The fourth-order valence-corrected chi connectivity index (χ4v) is 3.10. The normalized spacial score (nSPS) is 11.9. The van der Waals surface area contributed by atoms with Crippen LogP contribution < -0.4 is 10.1 Å². The zero-order valence-electron chi connectivity index (χ0n) is 15.7. The van der Waals surface area contributed by atoms with Gasteiger partial charge in [0.1, 0.15) is 11.4 Å². The van der Waals surface area contributed by atoms with Gasteiger partial charge < -0.3 is 10.1 Å². The summed E-state index contributed by atoms with van der Waals surface area (Å²) in [7, 11) is 1.63. The van der Waals surface area contributed by atoms with E-state index in [1.54, 1.807) is 24.2 Å². The molecule has 4 rings (SSSR count). The lowest BCUT2D eigenvalue weighted by Crippen LogP contribution is -2.27. The van der Waals surface area contributed by atoms with E-state index in [1.165, 1.54) is 0 Å². The Morgan fingerprint density at radius 2 is 2.00 bits per heavy atom. The number of carbonyl (C=O) groups is 1. The standard InChI is InChI=1S/C22H20N4O2/c1-15(17-13-24-26(14-17)18-7-5-8-19(12-18)28-2)25-22(27)21-20-9-4-3-6-16(20)10-11-23-21/h3-15H,1-2H3,(H,25,27)/t15-/m0/s1. The number of nitrogens with one attached hydrogen (secondary N) is 1. The topological polar surface area (TPSA) is 69.0 Å². The van der Waals surface area contributed by atoms with Crippen molar-refractivity contribution in [3.8, 4) is 11.4 Å². The third-order valence-corrected chi connectivity index (χ3v) is 4.66. The monoisotopic (exact) mass is 372 g/mol. The van der Waals surface area contributed by atoms with Gasteiger partial charge in [0.2, 0.25) is 0 Å². The van der Waals surface area contributed by atoms with Crippen LogP contribution in [-0.2, 0) is 0 Å². The molecule has 140 valence electrons. The van der Waals surface area contributed by atoms with E-state index >= 15 is 0 Å². The number of hydrogen-bond donors (Lipinski definition) is 1. The Morgan fingerprint density at radius 3 is 2.86 bits per heavy atom. The smallest absolute Gasteiger partial charge is 0.270 e. The van der Waals surface area contributed by atoms with Crippen molar-refractivity contribution in [2.75, 3.05) is 7.11 Å². The number of nitrogens with zero attached hydrogens (tertiary/aromatic N) is 3. The van der Waals surface area contributed by atoms with Gasteiger partial charge in [-0.25, -0.2) is 4.68 Å². The van der Waals surface area contributed by atoms with Crippen LogP contribution in [0.4, 0.5) is 0 Å². The van der Waals surface area contributed by atoms with Gasteiger partial charge in [0, 0.05) is 29.4 Å². The van der Waals surface area contributed by atoms with E-state index < -0.39 is 0 Å². The van der Waals surface area contributed by atoms with Gasteiger partial charge in [0.15, 0.2) is 0 Å². The Balaban J connectivity index is 1.54. The fraction of sp³-hybridized carbons (Fsp3) is 0.136. The molecule has 0 saturated heterocycles. The number of pyridine rings is 1. The van der Waals surface area contributed by atoms with E-state index in [0.717, 1.165) is 27.8 Å². The Hall–Kier alpha value is -3.67. The minimum absolute atomic E-state index is 0.210. The Kier molecular flexibility index (Phi) is 4.76. The maximum Gasteiger partial charge on any atom is 0.270 e. The summed E-state index contributed by atoms with van der Waals surface area (Å²) in [5.41, 5.74) is 2.21. The molecule has 0 fully saturated rings. The molecule has 6 heteroatoms. The summed E-state index contributed by atoms with van der Waals surface area (Å²) >= 11 is 0. The molecule has 2 aromatic heterocycles. The average Bonchev–Trinajstić information content (AvgIpc) is 3.24. The molecule has 0 unspecified atom stereocenters. The third kappa shape index (κ3) is 3.44. The number of aromatic nitrogens is 3. The van der Waals surface area contributed by atoms with Crippen LogP contribution in [-0.4, -0.2) is 27.8 Å². The molecule has 4 aromatic rings. The Morgan fingerprint density at radius 1 is 1.14 bits per heavy atom. The molecule has 0 aliphatic heterocycles. The van der Waals surface area contributed by atoms with Crippen LogP contribution >= 0.6 is 0 Å². The number of rotatable bonds is 5. The van der Waals surface area contributed by atoms with Crippen molar-refractivity contribution in [3.63, 3.8) is 0 Å². The lowest BCUT2D eigenvalue weighted by molar-refractivity contribution is 0.0936. The minimum atomic E-state index is -0.215. The summed E-state index contributed by atoms with van der Waals surface area (Å²) in [5.74, 6) is 0.552. The fourth-order valence-electron chi connectivity index (χ4n) is 3.10. The number of ether oxygens (including phenoxy) is 1. The van der Waals surface area contributed by atoms with E-state index in [0.29, 0.717) is 5.69 Å². The van der Waals surface area contributed by atoms with E-state index in [4.69, 9.17) is 4.74 Å². The lowest BCUT2D eigenvalue weighted by Gasteiger charge is -2.13. The molecule has 1 amide bonds. The van der Waals surface area contributed by atoms with E-state index in [1.807, 2.05) is 67.7 Å². The second kappa shape index (κ2) is 7.52. The zero-order valence-corrected chi connectivity index (χ0v) is 15.7. The molecule has 0 aliphatic rings. The SMILES string of the molecule is COc1cccc(-n2cc([C@H](C)NC(=O)c3nccc4ccccc34)cn2)c1. The first kappa shape index (κ1) is 17.7. The summed E-state index contributed by atoms with van der Waals surface area (Å²) < 4.78 is 7.02. The van der Waals surface area contributed by atoms with Gasteiger partial charge in [-0.15, -0.1) is 0 Å². The maximum atomic E-state index is 12.8. The number of benzene rings is 2. The predicted molar refractivity (Wildman–Crippen MR) is 108 cm³/mol. The molecule has 1 atom stereocenters. The molecule has 0 spiro atoms. The van der Waals surface area contributed by atoms with Crippen LogP contribution in [0.15, 0.2) is 73.2 Å². The summed E-state index contributed by atoms with van der Waals surface area (Å²) in [6.45, 7) is 1.93. The van der Waals surface area contributed by atoms with Crippen molar-refractivity contribution in [1.29, 1.82) is 0 Å². The third-order valence-electron chi connectivity index (χ3n) is 4.66. The molecule has 6 nitrogen and oxygen atoms in total. The van der Waals surface area contributed by atoms with E-state index in [2.05, 4.69) is 15.4 Å². The lowest BCUT2D eigenvalue weighted by atomic mass is 10.1. The molecule has 0 radical (unpaired) electrons. The molecular formula is C22H20N4O2. The zero-order chi connectivity index (χ0) is 19.5. The van der Waals surface area contributed by atoms with E-state index in [-0.39, 0.29) is 11.9 Å². The first-order chi connectivity index (χ1) is 13.7. The number of carbonyl (C=O) groups excluding carboxylic acids is 1. The van der Waals surface area contributed by atoms with E-state index in [9.17, 15) is 4.79 Å². The molecule has 0 saturated carbocycles. The van der Waals surface area contributed by atoms with Gasteiger partial charge >= 0.3 is 0 Å². The highest BCUT2D eigenvalue weighted by Crippen LogP contribution is 2.20. The quantitative estimate of drug-likeness (QED) is 0.576. The van der Waals surface area contributed by atoms with Gasteiger partial charge in [0.25, 0.3) is 5.91 Å². The van der Waals surface area contributed by atoms with Gasteiger partial charge in [0.05, 0.1) is 25.0 Å². The Labute approximate surface area is 162 Å². The highest BCUT2D eigenvalue weighted by Gasteiger charge is 2.16. The molecule has 0 aliphatic carbocycles. The number of hydrogen-bond acceptors (Lipinski definition) is 4. The number of fused-ring (bicyclic) bond motifs is 1. The summed E-state index contributed by atoms with van der Waals surface area (Å²) in [6, 6.07) is 17.0. The van der Waals surface area contributed by atoms with Crippen LogP contribution in [0.1, 0.15) is 29.0 Å². The molecule has 1 N–H and O–H groups in total. The van der Waals surface area contributed by atoms with Crippen molar-refractivity contribution >= 4 is 16.7 Å². The van der Waals surface area contributed by atoms with Gasteiger partial charge in [-0.2, -0.15) is 5.10 Å². The van der Waals surface area contributed by atoms with Crippen molar-refractivity contribution in [2.24, 2.45) is 0 Å². The van der Waals surface area contributed by atoms with Crippen LogP contribution in [0.5, 0.6) is 5.75 Å². The molecule has 2 aromatic carbocycles. The Bertz CT molecular complexity index is 1130. The number of methoxy groups -OCH3 is 1. The molecule has 2 heterocycles. The summed E-state index contributed by atoms with van der Waals surface area (Å²) in [4.78, 5) is 17.1. The van der Waals surface area contributed by atoms with Crippen molar-refractivity contribution in [3.05, 3.63) is 84.4 Å².